The Balaban J connectivity index is 1.81. The molecule has 0 bridgehead atoms. The van der Waals surface area contributed by atoms with Crippen LogP contribution in [-0.4, -0.2) is 24.4 Å². The van der Waals surface area contributed by atoms with E-state index < -0.39 is 0 Å². The molecule has 3 rings (SSSR count). The number of methoxy groups -OCH3 is 2. The molecule has 0 spiro atoms. The lowest BCUT2D eigenvalue weighted by molar-refractivity contribution is 0.393. The van der Waals surface area contributed by atoms with Crippen LogP contribution < -0.4 is 9.47 Å². The Labute approximate surface area is 145 Å². The quantitative estimate of drug-likeness (QED) is 0.610. The van der Waals surface area contributed by atoms with Gasteiger partial charge in [-0.2, -0.15) is 0 Å². The zero-order valence-corrected chi connectivity index (χ0v) is 14.5. The van der Waals surface area contributed by atoms with E-state index in [2.05, 4.69) is 29.3 Å². The van der Waals surface area contributed by atoms with Crippen LogP contribution in [-0.2, 0) is 0 Å². The summed E-state index contributed by atoms with van der Waals surface area (Å²) in [7, 11) is 3.21. The molecule has 2 aromatic carbocycles. The van der Waals surface area contributed by atoms with Crippen LogP contribution in [0, 0.1) is 0 Å². The highest BCUT2D eigenvalue weighted by Gasteiger charge is 2.17. The Morgan fingerprint density at radius 3 is 2.50 bits per heavy atom. The molecule has 3 aromatic rings. The summed E-state index contributed by atoms with van der Waals surface area (Å²) in [5.41, 5.74) is 1.95. The van der Waals surface area contributed by atoms with Crippen LogP contribution in [0.15, 0.2) is 58.2 Å². The van der Waals surface area contributed by atoms with Gasteiger partial charge in [-0.1, -0.05) is 42.1 Å². The van der Waals surface area contributed by atoms with Gasteiger partial charge in [0.15, 0.2) is 0 Å². The molecule has 1 atom stereocenters. The summed E-state index contributed by atoms with van der Waals surface area (Å²) in [6.07, 6.45) is 0. The van der Waals surface area contributed by atoms with E-state index in [9.17, 15) is 0 Å². The first-order valence-corrected chi connectivity index (χ1v) is 8.36. The summed E-state index contributed by atoms with van der Waals surface area (Å²) >= 11 is 1.53. The van der Waals surface area contributed by atoms with Gasteiger partial charge in [0.25, 0.3) is 11.1 Å². The van der Waals surface area contributed by atoms with Gasteiger partial charge in [0.05, 0.1) is 19.8 Å². The zero-order chi connectivity index (χ0) is 16.9. The largest absolute Gasteiger partial charge is 0.497 e. The molecular formula is C18H18N2O3S. The average molecular weight is 342 g/mol. The minimum absolute atomic E-state index is 0.220. The minimum Gasteiger partial charge on any atom is -0.497 e. The fourth-order valence-electron chi connectivity index (χ4n) is 2.28. The second kappa shape index (κ2) is 7.40. The highest BCUT2D eigenvalue weighted by Crippen LogP contribution is 2.37. The average Bonchev–Trinajstić information content (AvgIpc) is 3.10. The van der Waals surface area contributed by atoms with Gasteiger partial charge in [-0.25, -0.2) is 0 Å². The van der Waals surface area contributed by atoms with Crippen LogP contribution in [0.1, 0.15) is 17.7 Å². The molecule has 5 nitrogen and oxygen atoms in total. The normalized spacial score (nSPS) is 12.0. The summed E-state index contributed by atoms with van der Waals surface area (Å²) in [6.45, 7) is 2.11. The third-order valence-electron chi connectivity index (χ3n) is 3.59. The second-order valence-corrected chi connectivity index (χ2v) is 6.40. The smallest absolute Gasteiger partial charge is 0.277 e. The van der Waals surface area contributed by atoms with Crippen molar-refractivity contribution in [3.05, 3.63) is 54.1 Å². The van der Waals surface area contributed by atoms with Gasteiger partial charge in [-0.05, 0) is 24.6 Å². The molecular weight excluding hydrogens is 324 g/mol. The Kier molecular flexibility index (Phi) is 5.05. The number of benzene rings is 2. The second-order valence-electron chi connectivity index (χ2n) is 5.11. The highest BCUT2D eigenvalue weighted by atomic mass is 32.2. The molecule has 0 saturated carbocycles. The Bertz CT molecular complexity index is 805. The molecule has 0 aliphatic heterocycles. The predicted octanol–water partition coefficient (Wildman–Crippen LogP) is 4.61. The van der Waals surface area contributed by atoms with Gasteiger partial charge in [-0.3, -0.25) is 0 Å². The number of hydrogen-bond acceptors (Lipinski definition) is 6. The van der Waals surface area contributed by atoms with E-state index in [0.29, 0.717) is 22.6 Å². The minimum atomic E-state index is 0.220. The van der Waals surface area contributed by atoms with E-state index in [1.165, 1.54) is 17.3 Å². The van der Waals surface area contributed by atoms with Crippen molar-refractivity contribution in [3.63, 3.8) is 0 Å². The monoisotopic (exact) mass is 342 g/mol. The maximum atomic E-state index is 5.80. The van der Waals surface area contributed by atoms with Crippen molar-refractivity contribution in [2.75, 3.05) is 14.2 Å². The van der Waals surface area contributed by atoms with Gasteiger partial charge < -0.3 is 13.9 Å². The third-order valence-corrected chi connectivity index (χ3v) is 4.58. The van der Waals surface area contributed by atoms with Crippen LogP contribution in [0.5, 0.6) is 11.5 Å². The van der Waals surface area contributed by atoms with Crippen LogP contribution in [0.4, 0.5) is 0 Å². The van der Waals surface area contributed by atoms with Crippen LogP contribution >= 0.6 is 11.8 Å². The number of thioether (sulfide) groups is 1. The van der Waals surface area contributed by atoms with Crippen LogP contribution in [0.3, 0.4) is 0 Å². The Morgan fingerprint density at radius 2 is 1.79 bits per heavy atom. The maximum absolute atomic E-state index is 5.80. The molecule has 1 aromatic heterocycles. The van der Waals surface area contributed by atoms with Crippen LogP contribution in [0.2, 0.25) is 0 Å². The fourth-order valence-corrected chi connectivity index (χ4v) is 3.10. The molecule has 1 unspecified atom stereocenters. The molecule has 0 amide bonds. The maximum Gasteiger partial charge on any atom is 0.277 e. The lowest BCUT2D eigenvalue weighted by atomic mass is 10.2. The van der Waals surface area contributed by atoms with Crippen molar-refractivity contribution in [2.45, 2.75) is 17.4 Å². The summed E-state index contributed by atoms with van der Waals surface area (Å²) in [5.74, 6) is 1.77. The molecule has 0 N–H and O–H groups in total. The van der Waals surface area contributed by atoms with Gasteiger partial charge in [-0.15, -0.1) is 10.2 Å². The van der Waals surface area contributed by atoms with Crippen molar-refractivity contribution in [3.8, 4) is 23.0 Å². The topological polar surface area (TPSA) is 57.4 Å². The van der Waals surface area contributed by atoms with E-state index in [1.54, 1.807) is 20.3 Å². The van der Waals surface area contributed by atoms with Crippen molar-refractivity contribution in [1.29, 1.82) is 0 Å². The first-order valence-electron chi connectivity index (χ1n) is 7.48. The number of rotatable bonds is 6. The van der Waals surface area contributed by atoms with E-state index in [0.717, 1.165) is 5.56 Å². The van der Waals surface area contributed by atoms with Gasteiger partial charge in [0.2, 0.25) is 0 Å². The lowest BCUT2D eigenvalue weighted by Crippen LogP contribution is -1.90. The van der Waals surface area contributed by atoms with Crippen molar-refractivity contribution in [1.82, 2.24) is 10.2 Å². The molecule has 0 radical (unpaired) electrons. The highest BCUT2D eigenvalue weighted by molar-refractivity contribution is 7.99. The molecule has 0 fully saturated rings. The summed E-state index contributed by atoms with van der Waals surface area (Å²) in [6, 6.07) is 15.7. The lowest BCUT2D eigenvalue weighted by Gasteiger charge is -2.08. The first-order chi connectivity index (χ1) is 11.7. The van der Waals surface area contributed by atoms with Gasteiger partial charge in [0, 0.05) is 11.3 Å². The summed E-state index contributed by atoms with van der Waals surface area (Å²) in [4.78, 5) is 0. The Hall–Kier alpha value is -2.47. The van der Waals surface area contributed by atoms with Gasteiger partial charge >= 0.3 is 0 Å². The van der Waals surface area contributed by atoms with Crippen LogP contribution in [0.25, 0.3) is 11.5 Å². The van der Waals surface area contributed by atoms with E-state index >= 15 is 0 Å². The van der Waals surface area contributed by atoms with E-state index in [1.807, 2.05) is 30.3 Å². The molecule has 124 valence electrons. The molecule has 0 aliphatic rings. The SMILES string of the molecule is COc1ccc(-c2nnc(SC(C)c3ccccc3)o2)c(OC)c1. The summed E-state index contributed by atoms with van der Waals surface area (Å²) in [5, 5.41) is 9.02. The van der Waals surface area contributed by atoms with Crippen molar-refractivity contribution < 1.29 is 13.9 Å². The van der Waals surface area contributed by atoms with E-state index in [4.69, 9.17) is 13.9 Å². The molecule has 0 saturated heterocycles. The van der Waals surface area contributed by atoms with Crippen molar-refractivity contribution in [2.24, 2.45) is 0 Å². The molecule has 24 heavy (non-hydrogen) atoms. The standard InChI is InChI=1S/C18H18N2O3S/c1-12(13-7-5-4-6-8-13)24-18-20-19-17(23-18)15-10-9-14(21-2)11-16(15)22-3/h4-12H,1-3H3. The number of ether oxygens (including phenoxy) is 2. The zero-order valence-electron chi connectivity index (χ0n) is 13.7. The third kappa shape index (κ3) is 3.54. The molecule has 0 aliphatic carbocycles. The number of hydrogen-bond donors (Lipinski definition) is 0. The first kappa shape index (κ1) is 16.4. The number of aromatic nitrogens is 2. The number of nitrogens with zero attached hydrogens (tertiary/aromatic N) is 2. The van der Waals surface area contributed by atoms with Crippen molar-refractivity contribution >= 4 is 11.8 Å². The van der Waals surface area contributed by atoms with Gasteiger partial charge in [0.1, 0.15) is 11.5 Å². The fraction of sp³-hybridized carbons (Fsp3) is 0.222. The summed E-state index contributed by atoms with van der Waals surface area (Å²) < 4.78 is 16.4. The molecule has 1 heterocycles. The Morgan fingerprint density at radius 1 is 1.00 bits per heavy atom. The van der Waals surface area contributed by atoms with E-state index in [-0.39, 0.29) is 5.25 Å². The predicted molar refractivity (Wildman–Crippen MR) is 93.6 cm³/mol. The molecule has 6 heteroatoms.